The van der Waals surface area contributed by atoms with Gasteiger partial charge in [-0.25, -0.2) is 13.8 Å². The van der Waals surface area contributed by atoms with Crippen molar-refractivity contribution in [2.75, 3.05) is 13.7 Å². The summed E-state index contributed by atoms with van der Waals surface area (Å²) in [6.45, 7) is 2.76. The van der Waals surface area contributed by atoms with Crippen molar-refractivity contribution in [1.29, 1.82) is 0 Å². The molecule has 0 bridgehead atoms. The van der Waals surface area contributed by atoms with Crippen molar-refractivity contribution in [3.8, 4) is 0 Å². The molecule has 0 unspecified atom stereocenters. The third-order valence-electron chi connectivity index (χ3n) is 3.29. The molecule has 20 heavy (non-hydrogen) atoms. The fraction of sp³-hybridized carbons (Fsp3) is 0.750. The summed E-state index contributed by atoms with van der Waals surface area (Å²) in [5, 5.41) is 6.72. The summed E-state index contributed by atoms with van der Waals surface area (Å²) in [7, 11) is 1.54. The summed E-state index contributed by atoms with van der Waals surface area (Å²) in [5.41, 5.74) is 0. The molecule has 2 heterocycles. The predicted molar refractivity (Wildman–Crippen MR) is 66.2 cm³/mol. The molecule has 2 atom stereocenters. The molecule has 2 rings (SSSR count). The van der Waals surface area contributed by atoms with Crippen LogP contribution in [-0.4, -0.2) is 51.7 Å². The number of amides is 1. The van der Waals surface area contributed by atoms with E-state index >= 15 is 0 Å². The van der Waals surface area contributed by atoms with Gasteiger partial charge in [0.1, 0.15) is 5.82 Å². The number of aromatic amines is 1. The summed E-state index contributed by atoms with van der Waals surface area (Å²) in [6, 6.07) is -0.417. The van der Waals surface area contributed by atoms with Crippen molar-refractivity contribution in [3.63, 3.8) is 0 Å². The number of aromatic nitrogens is 3. The predicted octanol–water partition coefficient (Wildman–Crippen LogP) is 1.45. The molecule has 0 saturated carbocycles. The molecule has 1 aromatic rings. The Bertz CT molecular complexity index is 486. The number of H-pyrrole nitrogens is 1. The van der Waals surface area contributed by atoms with Gasteiger partial charge in [-0.05, 0) is 13.8 Å². The monoisotopic (exact) mass is 288 g/mol. The van der Waals surface area contributed by atoms with E-state index in [4.69, 9.17) is 4.74 Å². The van der Waals surface area contributed by atoms with E-state index in [1.54, 1.807) is 6.92 Å². The Hall–Kier alpha value is -1.57. The Morgan fingerprint density at radius 1 is 1.60 bits per heavy atom. The number of nitrogens with one attached hydrogen (secondary N) is 1. The van der Waals surface area contributed by atoms with Gasteiger partial charge in [0.15, 0.2) is 5.82 Å². The van der Waals surface area contributed by atoms with Crippen LogP contribution in [-0.2, 0) is 9.53 Å². The maximum atomic E-state index is 13.0. The molecule has 1 amide bonds. The molecule has 1 aromatic heterocycles. The largest absolute Gasteiger partial charge is 0.380 e. The van der Waals surface area contributed by atoms with Crippen molar-refractivity contribution in [3.05, 3.63) is 11.6 Å². The molecule has 1 N–H and O–H groups in total. The van der Waals surface area contributed by atoms with Gasteiger partial charge in [-0.15, -0.1) is 0 Å². The van der Waals surface area contributed by atoms with Crippen molar-refractivity contribution in [2.45, 2.75) is 44.8 Å². The normalized spacial score (nSPS) is 23.4. The van der Waals surface area contributed by atoms with E-state index in [0.29, 0.717) is 18.1 Å². The van der Waals surface area contributed by atoms with Gasteiger partial charge >= 0.3 is 0 Å². The summed E-state index contributed by atoms with van der Waals surface area (Å²) in [6.07, 6.45) is -0.494. The summed E-state index contributed by atoms with van der Waals surface area (Å²) < 4.78 is 31.3. The lowest BCUT2D eigenvalue weighted by atomic mass is 10.1. The molecular weight excluding hydrogens is 270 g/mol. The van der Waals surface area contributed by atoms with Crippen LogP contribution < -0.4 is 0 Å². The quantitative estimate of drug-likeness (QED) is 0.910. The van der Waals surface area contributed by atoms with Crippen LogP contribution in [0, 0.1) is 6.92 Å². The Kier molecular flexibility index (Phi) is 4.03. The minimum Gasteiger partial charge on any atom is -0.380 e. The number of nitrogens with zero attached hydrogens (tertiary/aromatic N) is 3. The van der Waals surface area contributed by atoms with Crippen molar-refractivity contribution in [2.24, 2.45) is 0 Å². The minimum atomic E-state index is -3.03. The van der Waals surface area contributed by atoms with Gasteiger partial charge < -0.3 is 9.64 Å². The second-order valence-corrected chi connectivity index (χ2v) is 5.18. The Morgan fingerprint density at radius 2 is 2.30 bits per heavy atom. The molecule has 6 nitrogen and oxygen atoms in total. The molecule has 1 saturated heterocycles. The number of methoxy groups -OCH3 is 1. The first-order valence-corrected chi connectivity index (χ1v) is 6.39. The van der Waals surface area contributed by atoms with Gasteiger partial charge in [0.05, 0.1) is 18.6 Å². The van der Waals surface area contributed by atoms with Gasteiger partial charge in [0, 0.05) is 20.1 Å². The van der Waals surface area contributed by atoms with E-state index in [9.17, 15) is 13.6 Å². The number of halogens is 2. The second kappa shape index (κ2) is 5.43. The highest BCUT2D eigenvalue weighted by Crippen LogP contribution is 2.33. The SMILES string of the molecule is CO[C@@H]1C[C@@H](c2n[nH]c(C)n2)N(C(=O)CC(C)(F)F)C1. The molecule has 0 aliphatic carbocycles. The van der Waals surface area contributed by atoms with Crippen molar-refractivity contribution < 1.29 is 18.3 Å². The number of aryl methyl sites for hydroxylation is 1. The summed E-state index contributed by atoms with van der Waals surface area (Å²) in [4.78, 5) is 17.6. The number of hydrogen-bond acceptors (Lipinski definition) is 4. The van der Waals surface area contributed by atoms with Gasteiger partial charge in [-0.2, -0.15) is 5.10 Å². The molecule has 1 fully saturated rings. The first-order chi connectivity index (χ1) is 9.30. The van der Waals surface area contributed by atoms with Crippen LogP contribution in [0.3, 0.4) is 0 Å². The van der Waals surface area contributed by atoms with Crippen LogP contribution >= 0.6 is 0 Å². The molecule has 0 radical (unpaired) electrons. The number of alkyl halides is 2. The van der Waals surface area contributed by atoms with E-state index in [1.807, 2.05) is 0 Å². The van der Waals surface area contributed by atoms with Crippen LogP contribution in [0.25, 0.3) is 0 Å². The highest BCUT2D eigenvalue weighted by atomic mass is 19.3. The molecule has 8 heteroatoms. The zero-order chi connectivity index (χ0) is 14.9. The second-order valence-electron chi connectivity index (χ2n) is 5.18. The number of carbonyl (C=O) groups excluding carboxylic acids is 1. The summed E-state index contributed by atoms with van der Waals surface area (Å²) >= 11 is 0. The molecule has 1 aliphatic rings. The lowest BCUT2D eigenvalue weighted by Crippen LogP contribution is -2.35. The minimum absolute atomic E-state index is 0.187. The van der Waals surface area contributed by atoms with E-state index in [-0.39, 0.29) is 12.6 Å². The number of ether oxygens (including phenoxy) is 1. The van der Waals surface area contributed by atoms with Gasteiger partial charge in [-0.3, -0.25) is 9.89 Å². The van der Waals surface area contributed by atoms with E-state index < -0.39 is 24.3 Å². The fourth-order valence-corrected chi connectivity index (χ4v) is 2.36. The van der Waals surface area contributed by atoms with Crippen LogP contribution in [0.2, 0.25) is 0 Å². The number of carbonyl (C=O) groups is 1. The fourth-order valence-electron chi connectivity index (χ4n) is 2.36. The maximum absolute atomic E-state index is 13.0. The van der Waals surface area contributed by atoms with Crippen LogP contribution in [0.4, 0.5) is 8.78 Å². The van der Waals surface area contributed by atoms with Gasteiger partial charge in [-0.1, -0.05) is 0 Å². The molecule has 0 spiro atoms. The first-order valence-electron chi connectivity index (χ1n) is 6.39. The van der Waals surface area contributed by atoms with Gasteiger partial charge in [0.2, 0.25) is 5.91 Å². The highest BCUT2D eigenvalue weighted by molar-refractivity contribution is 5.77. The molecule has 1 aliphatic heterocycles. The standard InChI is InChI=1S/C12H18F2N4O2/c1-7-15-11(17-16-7)9-4-8(20-3)6-18(9)10(19)5-12(2,13)14/h8-9H,4-6H2,1-3H3,(H,15,16,17)/t8-,9+/m1/s1. The van der Waals surface area contributed by atoms with Crippen molar-refractivity contribution >= 4 is 5.91 Å². The Balaban J connectivity index is 2.17. The zero-order valence-corrected chi connectivity index (χ0v) is 11.7. The van der Waals surface area contributed by atoms with Crippen LogP contribution in [0.1, 0.15) is 37.5 Å². The van der Waals surface area contributed by atoms with Crippen LogP contribution in [0.5, 0.6) is 0 Å². The average Bonchev–Trinajstić information content (AvgIpc) is 2.92. The van der Waals surface area contributed by atoms with Gasteiger partial charge in [0.25, 0.3) is 5.92 Å². The smallest absolute Gasteiger partial charge is 0.254 e. The van der Waals surface area contributed by atoms with E-state index in [2.05, 4.69) is 15.2 Å². The third-order valence-corrected chi connectivity index (χ3v) is 3.29. The molecular formula is C12H18F2N4O2. The molecule has 112 valence electrons. The zero-order valence-electron chi connectivity index (χ0n) is 11.7. The number of hydrogen-bond donors (Lipinski definition) is 1. The first kappa shape index (κ1) is 14.8. The van der Waals surface area contributed by atoms with Crippen molar-refractivity contribution in [1.82, 2.24) is 20.1 Å². The lowest BCUT2D eigenvalue weighted by Gasteiger charge is -2.23. The topological polar surface area (TPSA) is 71.1 Å². The van der Waals surface area contributed by atoms with E-state index in [1.165, 1.54) is 12.0 Å². The van der Waals surface area contributed by atoms with E-state index in [0.717, 1.165) is 6.92 Å². The maximum Gasteiger partial charge on any atom is 0.254 e. The average molecular weight is 288 g/mol. The Morgan fingerprint density at radius 3 is 2.80 bits per heavy atom. The lowest BCUT2D eigenvalue weighted by molar-refractivity contribution is -0.139. The number of likely N-dealkylation sites (tertiary alicyclic amines) is 1. The third kappa shape index (κ3) is 3.30. The molecule has 0 aromatic carbocycles. The highest BCUT2D eigenvalue weighted by Gasteiger charge is 2.40. The number of rotatable bonds is 4. The Labute approximate surface area is 115 Å². The van der Waals surface area contributed by atoms with Crippen LogP contribution in [0.15, 0.2) is 0 Å². The summed E-state index contributed by atoms with van der Waals surface area (Å²) in [5.74, 6) is -2.57.